The van der Waals surface area contributed by atoms with Crippen molar-refractivity contribution >= 4 is 17.9 Å². The van der Waals surface area contributed by atoms with E-state index in [0.29, 0.717) is 6.42 Å². The zero-order chi connectivity index (χ0) is 6.97. The molecule has 2 heterocycles. The Morgan fingerprint density at radius 2 is 2.50 bits per heavy atom. The summed E-state index contributed by atoms with van der Waals surface area (Å²) < 4.78 is 4.55. The molecule has 2 rings (SSSR count). The van der Waals surface area contributed by atoms with Crippen LogP contribution in [0, 0.1) is 0 Å². The Kier molecular flexibility index (Phi) is 0.913. The first-order chi connectivity index (χ1) is 4.88. The molecule has 5 heteroatoms. The largest absolute Gasteiger partial charge is 0.316 e. The Morgan fingerprint density at radius 1 is 1.60 bits per heavy atom. The molecule has 1 aromatic rings. The van der Waals surface area contributed by atoms with Crippen LogP contribution in [0.3, 0.4) is 0 Å². The van der Waals surface area contributed by atoms with Gasteiger partial charge in [0.25, 0.3) is 5.88 Å². The first-order valence-electron chi connectivity index (χ1n) is 2.76. The highest BCUT2D eigenvalue weighted by molar-refractivity contribution is 6.07. The smallest absolute Gasteiger partial charge is 0.281 e. The topological polar surface area (TPSA) is 68.3 Å². The van der Waals surface area contributed by atoms with Crippen molar-refractivity contribution in [3.05, 3.63) is 5.69 Å². The van der Waals surface area contributed by atoms with Gasteiger partial charge in [-0.15, -0.1) is 5.10 Å². The average molecular weight is 137 g/mol. The Hall–Kier alpha value is -1.52. The van der Waals surface area contributed by atoms with Crippen molar-refractivity contribution in [2.75, 3.05) is 0 Å². The Bertz CT molecular complexity index is 302. The molecule has 0 aliphatic carbocycles. The lowest BCUT2D eigenvalue weighted by Crippen LogP contribution is -2.03. The third-order valence-electron chi connectivity index (χ3n) is 1.22. The highest BCUT2D eigenvalue weighted by atomic mass is 16.5. The molecule has 0 N–H and O–H groups in total. The Morgan fingerprint density at radius 3 is 3.30 bits per heavy atom. The summed E-state index contributed by atoms with van der Waals surface area (Å²) >= 11 is 0. The van der Waals surface area contributed by atoms with E-state index in [1.54, 1.807) is 0 Å². The molecule has 0 atom stereocenters. The van der Waals surface area contributed by atoms with E-state index in [4.69, 9.17) is 0 Å². The number of rotatable bonds is 0. The van der Waals surface area contributed by atoms with Crippen molar-refractivity contribution in [1.82, 2.24) is 10.4 Å². The van der Waals surface area contributed by atoms with Crippen LogP contribution in [0.4, 0.5) is 5.88 Å². The molecular weight excluding hydrogens is 134 g/mol. The van der Waals surface area contributed by atoms with Gasteiger partial charge in [0.2, 0.25) is 0 Å². The second-order valence-corrected chi connectivity index (χ2v) is 1.87. The number of ketones is 1. The quantitative estimate of drug-likeness (QED) is 0.517. The molecule has 0 saturated carbocycles. The maximum Gasteiger partial charge on any atom is 0.281 e. The summed E-state index contributed by atoms with van der Waals surface area (Å²) in [5, 5.41) is 6.65. The highest BCUT2D eigenvalue weighted by Crippen LogP contribution is 2.19. The van der Waals surface area contributed by atoms with Gasteiger partial charge in [0.05, 0.1) is 0 Å². The zero-order valence-electron chi connectivity index (χ0n) is 4.94. The first-order valence-corrected chi connectivity index (χ1v) is 2.76. The fraction of sp³-hybridized carbons (Fsp3) is 0.200. The number of aromatic nitrogens is 2. The van der Waals surface area contributed by atoms with Crippen LogP contribution < -0.4 is 0 Å². The van der Waals surface area contributed by atoms with E-state index in [0.717, 1.165) is 0 Å². The fourth-order valence-corrected chi connectivity index (χ4v) is 0.754. The van der Waals surface area contributed by atoms with E-state index in [-0.39, 0.29) is 17.4 Å². The van der Waals surface area contributed by atoms with Crippen LogP contribution in [-0.2, 0) is 0 Å². The minimum absolute atomic E-state index is 0.0914. The lowest BCUT2D eigenvalue weighted by Gasteiger charge is -1.94. The number of fused-ring (bicyclic) bond motifs is 1. The van der Waals surface area contributed by atoms with Crippen LogP contribution in [-0.4, -0.2) is 22.4 Å². The van der Waals surface area contributed by atoms with Crippen molar-refractivity contribution < 1.29 is 9.32 Å². The van der Waals surface area contributed by atoms with Crippen LogP contribution in [0.25, 0.3) is 0 Å². The van der Waals surface area contributed by atoms with Gasteiger partial charge in [-0.1, -0.05) is 0 Å². The van der Waals surface area contributed by atoms with Crippen LogP contribution in [0.1, 0.15) is 16.9 Å². The summed E-state index contributed by atoms with van der Waals surface area (Å²) in [4.78, 5) is 14.7. The summed E-state index contributed by atoms with van der Waals surface area (Å²) in [5.41, 5.74) is 0.238. The van der Waals surface area contributed by atoms with Crippen LogP contribution in [0.5, 0.6) is 0 Å². The van der Waals surface area contributed by atoms with E-state index >= 15 is 0 Å². The van der Waals surface area contributed by atoms with Gasteiger partial charge in [-0.2, -0.15) is 0 Å². The molecular formula is C5H3N3O2. The van der Waals surface area contributed by atoms with E-state index in [2.05, 4.69) is 19.9 Å². The van der Waals surface area contributed by atoms with Crippen molar-refractivity contribution in [1.29, 1.82) is 0 Å². The van der Waals surface area contributed by atoms with Crippen molar-refractivity contribution in [2.24, 2.45) is 4.99 Å². The molecule has 10 heavy (non-hydrogen) atoms. The van der Waals surface area contributed by atoms with Crippen molar-refractivity contribution in [3.63, 3.8) is 0 Å². The van der Waals surface area contributed by atoms with Gasteiger partial charge in [0.1, 0.15) is 0 Å². The number of carbonyl (C=O) groups excluding carboxylic acids is 1. The molecule has 50 valence electrons. The maximum absolute atomic E-state index is 10.9. The van der Waals surface area contributed by atoms with Gasteiger partial charge < -0.3 is 4.52 Å². The molecule has 5 nitrogen and oxygen atoms in total. The maximum atomic E-state index is 10.9. The third kappa shape index (κ3) is 0.570. The summed E-state index contributed by atoms with van der Waals surface area (Å²) in [6, 6.07) is 0. The molecule has 0 spiro atoms. The lowest BCUT2D eigenvalue weighted by atomic mass is 10.2. The number of Topliss-reactive ketones (excluding diaryl/α,β-unsaturated/α-hetero) is 1. The molecule has 0 unspecified atom stereocenters. The Balaban J connectivity index is 2.62. The second-order valence-electron chi connectivity index (χ2n) is 1.87. The normalized spacial score (nSPS) is 15.4. The average Bonchev–Trinajstić information content (AvgIpc) is 2.36. The van der Waals surface area contributed by atoms with Gasteiger partial charge in [-0.05, 0) is 0 Å². The number of hydrogen-bond acceptors (Lipinski definition) is 5. The number of aliphatic imine (C=N–C) groups is 1. The van der Waals surface area contributed by atoms with Gasteiger partial charge >= 0.3 is 0 Å². The monoisotopic (exact) mass is 137 g/mol. The number of hydrogen-bond donors (Lipinski definition) is 0. The van der Waals surface area contributed by atoms with Gasteiger partial charge in [-0.25, -0.2) is 4.99 Å². The molecule has 1 aliphatic heterocycles. The molecule has 1 aliphatic rings. The third-order valence-corrected chi connectivity index (χ3v) is 1.22. The molecule has 1 aromatic heterocycles. The minimum atomic E-state index is -0.0914. The SMILES string of the molecule is O=C1CC=Nc2onnc21. The van der Waals surface area contributed by atoms with Crippen LogP contribution in [0.2, 0.25) is 0 Å². The van der Waals surface area contributed by atoms with E-state index in [1.807, 2.05) is 0 Å². The van der Waals surface area contributed by atoms with Crippen molar-refractivity contribution in [2.45, 2.75) is 6.42 Å². The molecule has 0 radical (unpaired) electrons. The summed E-state index contributed by atoms with van der Waals surface area (Å²) in [6.45, 7) is 0. The standard InChI is InChI=1S/C5H3N3O2/c9-3-1-2-6-5-4(3)7-8-10-5/h2H,1H2. The van der Waals surface area contributed by atoms with Crippen molar-refractivity contribution in [3.8, 4) is 0 Å². The Labute approximate surface area is 55.7 Å². The number of carbonyl (C=O) groups is 1. The van der Waals surface area contributed by atoms with Crippen LogP contribution >= 0.6 is 0 Å². The van der Waals surface area contributed by atoms with Gasteiger partial charge in [0.15, 0.2) is 11.5 Å². The number of nitrogens with zero attached hydrogens (tertiary/aromatic N) is 3. The molecule has 0 amide bonds. The molecule has 0 bridgehead atoms. The lowest BCUT2D eigenvalue weighted by molar-refractivity contribution is 0.0996. The van der Waals surface area contributed by atoms with E-state index < -0.39 is 0 Å². The zero-order valence-corrected chi connectivity index (χ0v) is 4.94. The highest BCUT2D eigenvalue weighted by Gasteiger charge is 2.19. The predicted molar refractivity (Wildman–Crippen MR) is 31.4 cm³/mol. The van der Waals surface area contributed by atoms with E-state index in [1.165, 1.54) is 6.21 Å². The first kappa shape index (κ1) is 5.28. The van der Waals surface area contributed by atoms with Gasteiger partial charge in [0, 0.05) is 17.9 Å². The van der Waals surface area contributed by atoms with Crippen LogP contribution in [0.15, 0.2) is 9.52 Å². The molecule has 0 fully saturated rings. The molecule has 0 saturated heterocycles. The predicted octanol–water partition coefficient (Wildman–Crippen LogP) is 0.358. The minimum Gasteiger partial charge on any atom is -0.316 e. The summed E-state index contributed by atoms with van der Waals surface area (Å²) in [6.07, 6.45) is 1.78. The second kappa shape index (κ2) is 1.73. The van der Waals surface area contributed by atoms with E-state index in [9.17, 15) is 4.79 Å². The fourth-order valence-electron chi connectivity index (χ4n) is 0.754. The summed E-state index contributed by atoms with van der Waals surface area (Å²) in [7, 11) is 0. The molecule has 0 aromatic carbocycles. The van der Waals surface area contributed by atoms with Gasteiger partial charge in [-0.3, -0.25) is 4.79 Å². The summed E-state index contributed by atoms with van der Waals surface area (Å²) in [5.74, 6) is 0.127.